The van der Waals surface area contributed by atoms with Gasteiger partial charge in [0.1, 0.15) is 11.8 Å². The number of hydrogen-bond donors (Lipinski definition) is 0. The molecule has 0 aromatic carbocycles. The van der Waals surface area contributed by atoms with Crippen molar-refractivity contribution in [2.24, 2.45) is 0 Å². The zero-order valence-electron chi connectivity index (χ0n) is 14.0. The van der Waals surface area contributed by atoms with E-state index in [-0.39, 0.29) is 17.9 Å². The molecule has 1 aliphatic rings. The lowest BCUT2D eigenvalue weighted by Gasteiger charge is -2.37. The Hall–Kier alpha value is -2.75. The second-order valence-electron chi connectivity index (χ2n) is 6.09. The van der Waals surface area contributed by atoms with E-state index in [2.05, 4.69) is 21.3 Å². The van der Waals surface area contributed by atoms with Crippen molar-refractivity contribution in [3.8, 4) is 17.7 Å². The Balaban J connectivity index is 1.87. The molecule has 7 nitrogen and oxygen atoms in total. The summed E-state index contributed by atoms with van der Waals surface area (Å²) in [5.74, 6) is 0.969. The molecule has 0 aliphatic carbocycles. The molecule has 0 saturated carbocycles. The van der Waals surface area contributed by atoms with Crippen LogP contribution in [0, 0.1) is 18.3 Å². The first-order chi connectivity index (χ1) is 11.5. The van der Waals surface area contributed by atoms with E-state index in [1.807, 2.05) is 11.8 Å². The van der Waals surface area contributed by atoms with E-state index in [9.17, 15) is 4.79 Å². The number of pyridine rings is 1. The molecule has 0 spiro atoms. The van der Waals surface area contributed by atoms with Gasteiger partial charge in [-0.25, -0.2) is 4.98 Å². The van der Waals surface area contributed by atoms with Crippen molar-refractivity contribution >= 4 is 5.91 Å². The molecule has 1 amide bonds. The predicted molar refractivity (Wildman–Crippen MR) is 85.8 cm³/mol. The largest absolute Gasteiger partial charge is 0.419 e. The third-order valence-corrected chi connectivity index (χ3v) is 4.58. The van der Waals surface area contributed by atoms with Gasteiger partial charge >= 0.3 is 0 Å². The number of rotatable bonds is 2. The second-order valence-corrected chi connectivity index (χ2v) is 6.09. The molecule has 1 fully saturated rings. The molecule has 2 aromatic rings. The van der Waals surface area contributed by atoms with Crippen LogP contribution in [-0.2, 0) is 4.79 Å². The van der Waals surface area contributed by atoms with Crippen LogP contribution in [0.15, 0.2) is 16.5 Å². The van der Waals surface area contributed by atoms with E-state index >= 15 is 0 Å². The van der Waals surface area contributed by atoms with Gasteiger partial charge in [-0.2, -0.15) is 5.26 Å². The van der Waals surface area contributed by atoms with Crippen LogP contribution in [0.3, 0.4) is 0 Å². The lowest BCUT2D eigenvalue weighted by Crippen LogP contribution is -2.44. The first-order valence-electron chi connectivity index (χ1n) is 8.00. The van der Waals surface area contributed by atoms with Gasteiger partial charge in [-0.05, 0) is 38.8 Å². The Morgan fingerprint density at radius 1 is 1.42 bits per heavy atom. The average molecular weight is 325 g/mol. The number of likely N-dealkylation sites (tertiary alicyclic amines) is 1. The number of carbonyl (C=O) groups is 1. The van der Waals surface area contributed by atoms with E-state index in [0.29, 0.717) is 28.7 Å². The molecule has 0 radical (unpaired) electrons. The molecule has 0 unspecified atom stereocenters. The number of hydrogen-bond acceptors (Lipinski definition) is 6. The Labute approximate surface area is 140 Å². The molecule has 0 N–H and O–H groups in total. The van der Waals surface area contributed by atoms with Crippen LogP contribution < -0.4 is 0 Å². The standard InChI is InChI=1S/C17H19N5O2/c1-10-13(9-18)6-7-15(19-10)17-21-20-16(24-17)14-5-4-8-22(11(14)2)12(3)23/h6-7,11,14H,4-5,8H2,1-3H3/t11-,14-/m0/s1. The number of amides is 1. The summed E-state index contributed by atoms with van der Waals surface area (Å²) in [6.07, 6.45) is 1.83. The lowest BCUT2D eigenvalue weighted by molar-refractivity contribution is -0.132. The summed E-state index contributed by atoms with van der Waals surface area (Å²) in [6.45, 7) is 6.14. The quantitative estimate of drug-likeness (QED) is 0.841. The highest BCUT2D eigenvalue weighted by Gasteiger charge is 2.34. The topological polar surface area (TPSA) is 95.9 Å². The van der Waals surface area contributed by atoms with Crippen LogP contribution in [0.5, 0.6) is 0 Å². The molecule has 1 saturated heterocycles. The molecule has 2 aromatic heterocycles. The molecule has 24 heavy (non-hydrogen) atoms. The Kier molecular flexibility index (Phi) is 4.30. The molecule has 3 rings (SSSR count). The van der Waals surface area contributed by atoms with Crippen molar-refractivity contribution < 1.29 is 9.21 Å². The smallest absolute Gasteiger partial charge is 0.266 e. The van der Waals surface area contributed by atoms with E-state index in [1.165, 1.54) is 0 Å². The maximum atomic E-state index is 11.7. The summed E-state index contributed by atoms with van der Waals surface area (Å²) in [5.41, 5.74) is 1.71. The minimum absolute atomic E-state index is 0.0280. The van der Waals surface area contributed by atoms with E-state index < -0.39 is 0 Å². The van der Waals surface area contributed by atoms with Crippen LogP contribution in [0.4, 0.5) is 0 Å². The van der Waals surface area contributed by atoms with Crippen LogP contribution in [0.25, 0.3) is 11.6 Å². The van der Waals surface area contributed by atoms with Gasteiger partial charge in [0.25, 0.3) is 5.89 Å². The van der Waals surface area contributed by atoms with Crippen molar-refractivity contribution in [3.05, 3.63) is 29.3 Å². The number of piperidine rings is 1. The second kappa shape index (κ2) is 6.40. The first kappa shape index (κ1) is 16.1. The molecular weight excluding hydrogens is 306 g/mol. The van der Waals surface area contributed by atoms with E-state index in [0.717, 1.165) is 19.4 Å². The van der Waals surface area contributed by atoms with Crippen molar-refractivity contribution in [1.29, 1.82) is 5.26 Å². The number of aryl methyl sites for hydroxylation is 1. The summed E-state index contributed by atoms with van der Waals surface area (Å²) in [7, 11) is 0. The fourth-order valence-corrected chi connectivity index (χ4v) is 3.20. The first-order valence-corrected chi connectivity index (χ1v) is 8.00. The fourth-order valence-electron chi connectivity index (χ4n) is 3.20. The Bertz CT molecular complexity index is 808. The fraction of sp³-hybridized carbons (Fsp3) is 0.471. The molecule has 124 valence electrons. The van der Waals surface area contributed by atoms with Gasteiger partial charge < -0.3 is 9.32 Å². The normalized spacial score (nSPS) is 20.7. The maximum absolute atomic E-state index is 11.7. The van der Waals surface area contributed by atoms with Crippen LogP contribution >= 0.6 is 0 Å². The predicted octanol–water partition coefficient (Wildman–Crippen LogP) is 2.43. The van der Waals surface area contributed by atoms with Crippen molar-refractivity contribution in [2.75, 3.05) is 6.54 Å². The van der Waals surface area contributed by atoms with Gasteiger partial charge in [0.2, 0.25) is 11.8 Å². The summed E-state index contributed by atoms with van der Waals surface area (Å²) >= 11 is 0. The number of carbonyl (C=O) groups excluding carboxylic acids is 1. The zero-order chi connectivity index (χ0) is 17.3. The third-order valence-electron chi connectivity index (χ3n) is 4.58. The average Bonchev–Trinajstić information content (AvgIpc) is 3.04. The third kappa shape index (κ3) is 2.87. The highest BCUT2D eigenvalue weighted by atomic mass is 16.4. The van der Waals surface area contributed by atoms with Crippen molar-refractivity contribution in [2.45, 2.75) is 45.6 Å². The lowest BCUT2D eigenvalue weighted by atomic mass is 9.90. The van der Waals surface area contributed by atoms with Gasteiger partial charge in [0, 0.05) is 19.5 Å². The number of nitriles is 1. The van der Waals surface area contributed by atoms with Crippen LogP contribution in [0.1, 0.15) is 49.8 Å². The Morgan fingerprint density at radius 2 is 2.21 bits per heavy atom. The molecule has 7 heteroatoms. The van der Waals surface area contributed by atoms with Crippen molar-refractivity contribution in [3.63, 3.8) is 0 Å². The minimum Gasteiger partial charge on any atom is -0.419 e. The zero-order valence-corrected chi connectivity index (χ0v) is 14.0. The van der Waals surface area contributed by atoms with Crippen LogP contribution in [-0.4, -0.2) is 38.6 Å². The molecule has 0 bridgehead atoms. The molecule has 3 heterocycles. The van der Waals surface area contributed by atoms with E-state index in [1.54, 1.807) is 26.0 Å². The number of nitrogens with zero attached hydrogens (tertiary/aromatic N) is 5. The summed E-state index contributed by atoms with van der Waals surface area (Å²) in [4.78, 5) is 17.9. The highest BCUT2D eigenvalue weighted by molar-refractivity contribution is 5.73. The number of aromatic nitrogens is 3. The SMILES string of the molecule is CC(=O)N1CCC[C@H](c2nnc(-c3ccc(C#N)c(C)n3)o2)[C@@H]1C. The Morgan fingerprint density at radius 3 is 2.88 bits per heavy atom. The summed E-state index contributed by atoms with van der Waals surface area (Å²) in [5, 5.41) is 17.2. The minimum atomic E-state index is 0.0280. The van der Waals surface area contributed by atoms with Gasteiger partial charge in [-0.3, -0.25) is 4.79 Å². The highest BCUT2D eigenvalue weighted by Crippen LogP contribution is 2.33. The van der Waals surface area contributed by atoms with Gasteiger partial charge in [-0.1, -0.05) is 0 Å². The molecule has 2 atom stereocenters. The van der Waals surface area contributed by atoms with Crippen LogP contribution in [0.2, 0.25) is 0 Å². The monoisotopic (exact) mass is 325 g/mol. The maximum Gasteiger partial charge on any atom is 0.266 e. The molecular formula is C17H19N5O2. The molecule has 1 aliphatic heterocycles. The van der Waals surface area contributed by atoms with Gasteiger partial charge in [-0.15, -0.1) is 10.2 Å². The van der Waals surface area contributed by atoms with E-state index in [4.69, 9.17) is 9.68 Å². The summed E-state index contributed by atoms with van der Waals surface area (Å²) in [6, 6.07) is 5.51. The summed E-state index contributed by atoms with van der Waals surface area (Å²) < 4.78 is 5.83. The van der Waals surface area contributed by atoms with Gasteiger partial charge in [0.05, 0.1) is 17.2 Å². The van der Waals surface area contributed by atoms with Crippen molar-refractivity contribution in [1.82, 2.24) is 20.1 Å². The van der Waals surface area contributed by atoms with Gasteiger partial charge in [0.15, 0.2) is 0 Å².